The fourth-order valence-electron chi connectivity index (χ4n) is 1.96. The SMILES string of the molecule is CCN(CCCO)C(=O)c1ccc(C(C)(C)C)cc1. The highest BCUT2D eigenvalue weighted by atomic mass is 16.3. The van der Waals surface area contributed by atoms with E-state index in [-0.39, 0.29) is 17.9 Å². The van der Waals surface area contributed by atoms with Gasteiger partial charge in [-0.1, -0.05) is 32.9 Å². The van der Waals surface area contributed by atoms with Gasteiger partial charge < -0.3 is 10.0 Å². The molecule has 106 valence electrons. The lowest BCUT2D eigenvalue weighted by Crippen LogP contribution is -2.32. The Kier molecular flexibility index (Phi) is 5.55. The molecule has 0 saturated heterocycles. The van der Waals surface area contributed by atoms with E-state index in [1.165, 1.54) is 5.56 Å². The number of aliphatic hydroxyl groups excluding tert-OH is 1. The molecule has 1 aromatic rings. The molecular formula is C16H25NO2. The third kappa shape index (κ3) is 4.35. The van der Waals surface area contributed by atoms with Crippen molar-refractivity contribution in [3.8, 4) is 0 Å². The number of hydrogen-bond acceptors (Lipinski definition) is 2. The van der Waals surface area contributed by atoms with Crippen LogP contribution in [0.2, 0.25) is 0 Å². The van der Waals surface area contributed by atoms with E-state index in [1.807, 2.05) is 31.2 Å². The number of aliphatic hydroxyl groups is 1. The predicted octanol–water partition coefficient (Wildman–Crippen LogP) is 2.83. The molecule has 1 aromatic carbocycles. The standard InChI is InChI=1S/C16H25NO2/c1-5-17(11-6-12-18)15(19)13-7-9-14(10-8-13)16(2,3)4/h7-10,18H,5-6,11-12H2,1-4H3. The lowest BCUT2D eigenvalue weighted by Gasteiger charge is -2.22. The molecule has 3 heteroatoms. The summed E-state index contributed by atoms with van der Waals surface area (Å²) in [7, 11) is 0. The Bertz CT molecular complexity index is 404. The summed E-state index contributed by atoms with van der Waals surface area (Å²) >= 11 is 0. The van der Waals surface area contributed by atoms with E-state index in [0.717, 1.165) is 0 Å². The Balaban J connectivity index is 2.82. The van der Waals surface area contributed by atoms with Crippen LogP contribution in [0.3, 0.4) is 0 Å². The van der Waals surface area contributed by atoms with Gasteiger partial charge in [-0.05, 0) is 36.5 Å². The lowest BCUT2D eigenvalue weighted by atomic mass is 9.86. The van der Waals surface area contributed by atoms with Gasteiger partial charge in [0.15, 0.2) is 0 Å². The van der Waals surface area contributed by atoms with Crippen molar-refractivity contribution in [1.29, 1.82) is 0 Å². The predicted molar refractivity (Wildman–Crippen MR) is 78.4 cm³/mol. The van der Waals surface area contributed by atoms with Gasteiger partial charge in [-0.2, -0.15) is 0 Å². The van der Waals surface area contributed by atoms with Crippen molar-refractivity contribution in [1.82, 2.24) is 4.90 Å². The second kappa shape index (κ2) is 6.71. The molecule has 0 aromatic heterocycles. The number of carbonyl (C=O) groups is 1. The average molecular weight is 263 g/mol. The van der Waals surface area contributed by atoms with E-state index in [4.69, 9.17) is 5.11 Å². The molecule has 0 atom stereocenters. The highest BCUT2D eigenvalue weighted by Gasteiger charge is 2.16. The quantitative estimate of drug-likeness (QED) is 0.887. The number of carbonyl (C=O) groups excluding carboxylic acids is 1. The normalized spacial score (nSPS) is 11.4. The van der Waals surface area contributed by atoms with Gasteiger partial charge in [0.25, 0.3) is 5.91 Å². The van der Waals surface area contributed by atoms with Gasteiger partial charge in [0.1, 0.15) is 0 Å². The fourth-order valence-corrected chi connectivity index (χ4v) is 1.96. The van der Waals surface area contributed by atoms with Crippen molar-refractivity contribution >= 4 is 5.91 Å². The van der Waals surface area contributed by atoms with Crippen LogP contribution in [0, 0.1) is 0 Å². The minimum absolute atomic E-state index is 0.0383. The first-order chi connectivity index (χ1) is 8.90. The van der Waals surface area contributed by atoms with Crippen molar-refractivity contribution in [3.05, 3.63) is 35.4 Å². The number of amides is 1. The summed E-state index contributed by atoms with van der Waals surface area (Å²) in [6.07, 6.45) is 0.625. The minimum Gasteiger partial charge on any atom is -0.396 e. The molecule has 19 heavy (non-hydrogen) atoms. The van der Waals surface area contributed by atoms with Crippen molar-refractivity contribution in [2.45, 2.75) is 39.5 Å². The zero-order valence-electron chi connectivity index (χ0n) is 12.4. The van der Waals surface area contributed by atoms with E-state index in [0.29, 0.717) is 25.1 Å². The second-order valence-electron chi connectivity index (χ2n) is 5.79. The van der Waals surface area contributed by atoms with Gasteiger partial charge in [0.2, 0.25) is 0 Å². The molecule has 1 amide bonds. The molecule has 1 N–H and O–H groups in total. The monoisotopic (exact) mass is 263 g/mol. The van der Waals surface area contributed by atoms with Gasteiger partial charge >= 0.3 is 0 Å². The lowest BCUT2D eigenvalue weighted by molar-refractivity contribution is 0.0754. The van der Waals surface area contributed by atoms with E-state index in [9.17, 15) is 4.79 Å². The van der Waals surface area contributed by atoms with Crippen molar-refractivity contribution in [2.75, 3.05) is 19.7 Å². The maximum absolute atomic E-state index is 12.3. The molecular weight excluding hydrogens is 238 g/mol. The molecule has 3 nitrogen and oxygen atoms in total. The van der Waals surface area contributed by atoms with Gasteiger partial charge in [-0.15, -0.1) is 0 Å². The molecule has 0 bridgehead atoms. The summed E-state index contributed by atoms with van der Waals surface area (Å²) in [5.41, 5.74) is 2.04. The van der Waals surface area contributed by atoms with E-state index < -0.39 is 0 Å². The van der Waals surface area contributed by atoms with Gasteiger partial charge in [0.05, 0.1) is 0 Å². The molecule has 0 aliphatic heterocycles. The van der Waals surface area contributed by atoms with Crippen LogP contribution in [0.15, 0.2) is 24.3 Å². The third-order valence-electron chi connectivity index (χ3n) is 3.25. The molecule has 0 fully saturated rings. The molecule has 0 spiro atoms. The summed E-state index contributed by atoms with van der Waals surface area (Å²) in [6, 6.07) is 7.83. The van der Waals surface area contributed by atoms with Crippen LogP contribution < -0.4 is 0 Å². The Labute approximate surface area is 116 Å². The van der Waals surface area contributed by atoms with Gasteiger partial charge in [-0.25, -0.2) is 0 Å². The van der Waals surface area contributed by atoms with Crippen molar-refractivity contribution in [2.24, 2.45) is 0 Å². The second-order valence-corrected chi connectivity index (χ2v) is 5.79. The first kappa shape index (κ1) is 15.7. The highest BCUT2D eigenvalue weighted by Crippen LogP contribution is 2.22. The Morgan fingerprint density at radius 2 is 1.79 bits per heavy atom. The average Bonchev–Trinajstić information content (AvgIpc) is 2.38. The summed E-state index contributed by atoms with van der Waals surface area (Å²) in [4.78, 5) is 14.1. The maximum atomic E-state index is 12.3. The van der Waals surface area contributed by atoms with E-state index in [1.54, 1.807) is 4.90 Å². The van der Waals surface area contributed by atoms with Crippen LogP contribution in [0.4, 0.5) is 0 Å². The molecule has 0 radical (unpaired) electrons. The molecule has 0 saturated carbocycles. The Morgan fingerprint density at radius 1 is 1.21 bits per heavy atom. The van der Waals surface area contributed by atoms with Crippen LogP contribution >= 0.6 is 0 Å². The van der Waals surface area contributed by atoms with E-state index >= 15 is 0 Å². The van der Waals surface area contributed by atoms with Crippen LogP contribution in [0.25, 0.3) is 0 Å². The largest absolute Gasteiger partial charge is 0.396 e. The summed E-state index contributed by atoms with van der Waals surface area (Å²) in [5.74, 6) is 0.0383. The fraction of sp³-hybridized carbons (Fsp3) is 0.562. The van der Waals surface area contributed by atoms with Crippen LogP contribution in [-0.2, 0) is 5.41 Å². The van der Waals surface area contributed by atoms with Crippen LogP contribution in [-0.4, -0.2) is 35.6 Å². The topological polar surface area (TPSA) is 40.5 Å². The molecule has 0 unspecified atom stereocenters. The highest BCUT2D eigenvalue weighted by molar-refractivity contribution is 5.94. The van der Waals surface area contributed by atoms with Crippen molar-refractivity contribution < 1.29 is 9.90 Å². The third-order valence-corrected chi connectivity index (χ3v) is 3.25. The van der Waals surface area contributed by atoms with Crippen LogP contribution in [0.1, 0.15) is 50.0 Å². The smallest absolute Gasteiger partial charge is 0.253 e. The number of rotatable bonds is 5. The molecule has 1 rings (SSSR count). The van der Waals surface area contributed by atoms with Gasteiger partial charge in [0, 0.05) is 25.3 Å². The molecule has 0 aliphatic rings. The first-order valence-electron chi connectivity index (χ1n) is 6.90. The van der Waals surface area contributed by atoms with Crippen molar-refractivity contribution in [3.63, 3.8) is 0 Å². The number of benzene rings is 1. The zero-order valence-corrected chi connectivity index (χ0v) is 12.4. The summed E-state index contributed by atoms with van der Waals surface area (Å²) in [6.45, 7) is 9.81. The first-order valence-corrected chi connectivity index (χ1v) is 6.90. The maximum Gasteiger partial charge on any atom is 0.253 e. The van der Waals surface area contributed by atoms with Gasteiger partial charge in [-0.3, -0.25) is 4.79 Å². The number of hydrogen-bond donors (Lipinski definition) is 1. The minimum atomic E-state index is 0.0383. The van der Waals surface area contributed by atoms with E-state index in [2.05, 4.69) is 20.8 Å². The van der Waals surface area contributed by atoms with Crippen LogP contribution in [0.5, 0.6) is 0 Å². The summed E-state index contributed by atoms with van der Waals surface area (Å²) < 4.78 is 0. The Morgan fingerprint density at radius 3 is 2.21 bits per heavy atom. The molecule has 0 aliphatic carbocycles. The molecule has 0 heterocycles. The number of nitrogens with zero attached hydrogens (tertiary/aromatic N) is 1. The Hall–Kier alpha value is -1.35. The zero-order chi connectivity index (χ0) is 14.5. The summed E-state index contributed by atoms with van der Waals surface area (Å²) in [5, 5.41) is 8.85.